The van der Waals surface area contributed by atoms with Crippen LogP contribution in [0.4, 0.5) is 0 Å². The molecule has 2 aromatic rings. The zero-order valence-corrected chi connectivity index (χ0v) is 10.9. The number of aromatic amines is 1. The molecule has 0 saturated carbocycles. The van der Waals surface area contributed by atoms with Crippen LogP contribution in [0.25, 0.3) is 0 Å². The molecule has 4 heteroatoms. The van der Waals surface area contributed by atoms with E-state index in [1.807, 2.05) is 26.1 Å². The molecule has 0 fully saturated rings. The van der Waals surface area contributed by atoms with Gasteiger partial charge in [-0.2, -0.15) is 0 Å². The lowest BCUT2D eigenvalue weighted by Gasteiger charge is -2.09. The summed E-state index contributed by atoms with van der Waals surface area (Å²) < 4.78 is 5.67. The van der Waals surface area contributed by atoms with Crippen LogP contribution in [0.1, 0.15) is 16.8 Å². The normalized spacial score (nSPS) is 10.6. The van der Waals surface area contributed by atoms with Crippen LogP contribution < -0.4 is 10.1 Å². The Labute approximate surface area is 107 Å². The number of ether oxygens (including phenoxy) is 1. The molecule has 0 spiro atoms. The van der Waals surface area contributed by atoms with Gasteiger partial charge in [-0.25, -0.2) is 0 Å². The number of hydrogen-bond donors (Lipinski definition) is 2. The average molecular weight is 245 g/mol. The molecule has 0 atom stereocenters. The molecule has 0 bridgehead atoms. The number of rotatable bonds is 6. The van der Waals surface area contributed by atoms with Crippen molar-refractivity contribution in [1.82, 2.24) is 15.5 Å². The van der Waals surface area contributed by atoms with Gasteiger partial charge in [-0.05, 0) is 38.1 Å². The largest absolute Gasteiger partial charge is 0.472 e. The lowest BCUT2D eigenvalue weighted by molar-refractivity contribution is 0.292. The van der Waals surface area contributed by atoms with Gasteiger partial charge in [0.15, 0.2) is 0 Å². The maximum atomic E-state index is 5.67. The monoisotopic (exact) mass is 245 g/mol. The summed E-state index contributed by atoms with van der Waals surface area (Å²) in [6, 6.07) is 10.2. The van der Waals surface area contributed by atoms with Crippen molar-refractivity contribution in [2.24, 2.45) is 0 Å². The molecule has 0 saturated heterocycles. The van der Waals surface area contributed by atoms with E-state index in [9.17, 15) is 0 Å². The maximum Gasteiger partial charge on any atom is 0.233 e. The number of hydrogen-bond acceptors (Lipinski definition) is 3. The fraction of sp³-hybridized carbons (Fsp3) is 0.357. The van der Waals surface area contributed by atoms with Gasteiger partial charge in [-0.15, -0.1) is 5.10 Å². The molecule has 2 N–H and O–H groups in total. The zero-order chi connectivity index (χ0) is 12.8. The molecule has 1 aromatic carbocycles. The number of benzene rings is 1. The molecule has 4 nitrogen and oxygen atoms in total. The summed E-state index contributed by atoms with van der Waals surface area (Å²) in [5, 5.41) is 10.1. The second-order valence-corrected chi connectivity index (χ2v) is 4.30. The van der Waals surface area contributed by atoms with Gasteiger partial charge in [0.1, 0.15) is 6.61 Å². The van der Waals surface area contributed by atoms with Crippen LogP contribution in [0.15, 0.2) is 30.3 Å². The molecule has 0 amide bonds. The third kappa shape index (κ3) is 3.34. The van der Waals surface area contributed by atoms with Crippen LogP contribution in [0, 0.1) is 6.92 Å². The lowest BCUT2D eigenvalue weighted by Crippen LogP contribution is -2.12. The van der Waals surface area contributed by atoms with Crippen molar-refractivity contribution < 1.29 is 4.74 Å². The maximum absolute atomic E-state index is 5.67. The van der Waals surface area contributed by atoms with Gasteiger partial charge in [-0.3, -0.25) is 5.10 Å². The molecule has 96 valence electrons. The number of H-pyrrole nitrogens is 1. The third-order valence-electron chi connectivity index (χ3n) is 2.82. The van der Waals surface area contributed by atoms with E-state index in [2.05, 4.69) is 33.7 Å². The summed E-state index contributed by atoms with van der Waals surface area (Å²) in [5.41, 5.74) is 3.54. The third-order valence-corrected chi connectivity index (χ3v) is 2.82. The number of nitrogens with one attached hydrogen (secondary N) is 2. The van der Waals surface area contributed by atoms with Crippen molar-refractivity contribution in [2.75, 3.05) is 13.6 Å². The highest BCUT2D eigenvalue weighted by Gasteiger charge is 2.04. The van der Waals surface area contributed by atoms with Crippen molar-refractivity contribution in [3.05, 3.63) is 47.2 Å². The van der Waals surface area contributed by atoms with E-state index >= 15 is 0 Å². The van der Waals surface area contributed by atoms with Gasteiger partial charge in [0, 0.05) is 11.8 Å². The summed E-state index contributed by atoms with van der Waals surface area (Å²) in [6.45, 7) is 3.49. The van der Waals surface area contributed by atoms with Crippen LogP contribution in [-0.4, -0.2) is 23.8 Å². The molecule has 0 aliphatic carbocycles. The highest BCUT2D eigenvalue weighted by Crippen LogP contribution is 2.14. The van der Waals surface area contributed by atoms with Gasteiger partial charge in [-0.1, -0.05) is 24.3 Å². The Bertz CT molecular complexity index is 493. The Balaban J connectivity index is 1.99. The van der Waals surface area contributed by atoms with E-state index in [1.54, 1.807) is 0 Å². The predicted molar refractivity (Wildman–Crippen MR) is 71.7 cm³/mol. The Morgan fingerprint density at radius 2 is 2.06 bits per heavy atom. The smallest absolute Gasteiger partial charge is 0.233 e. The van der Waals surface area contributed by atoms with E-state index < -0.39 is 0 Å². The molecular weight excluding hydrogens is 226 g/mol. The molecule has 2 rings (SSSR count). The van der Waals surface area contributed by atoms with Gasteiger partial charge in [0.25, 0.3) is 0 Å². The first-order valence-electron chi connectivity index (χ1n) is 6.16. The first-order valence-corrected chi connectivity index (χ1v) is 6.16. The van der Waals surface area contributed by atoms with Crippen molar-refractivity contribution in [2.45, 2.75) is 20.0 Å². The van der Waals surface area contributed by atoms with Gasteiger partial charge >= 0.3 is 0 Å². The topological polar surface area (TPSA) is 49.9 Å². The van der Waals surface area contributed by atoms with Crippen LogP contribution in [0.2, 0.25) is 0 Å². The van der Waals surface area contributed by atoms with E-state index in [-0.39, 0.29) is 0 Å². The molecule has 1 heterocycles. The number of likely N-dealkylation sites (N-methyl/N-ethyl adjacent to an activating group) is 1. The second-order valence-electron chi connectivity index (χ2n) is 4.30. The van der Waals surface area contributed by atoms with Gasteiger partial charge in [0.05, 0.1) is 0 Å². The molecule has 1 aromatic heterocycles. The zero-order valence-electron chi connectivity index (χ0n) is 10.9. The Hall–Kier alpha value is -1.81. The molecule has 0 radical (unpaired) electrons. The first-order chi connectivity index (χ1) is 8.79. The quantitative estimate of drug-likeness (QED) is 0.819. The van der Waals surface area contributed by atoms with Crippen molar-refractivity contribution in [3.63, 3.8) is 0 Å². The Morgan fingerprint density at radius 3 is 2.72 bits per heavy atom. The summed E-state index contributed by atoms with van der Waals surface area (Å²) >= 11 is 0. The van der Waals surface area contributed by atoms with Crippen LogP contribution in [0.3, 0.4) is 0 Å². The van der Waals surface area contributed by atoms with Crippen LogP contribution in [0.5, 0.6) is 5.88 Å². The molecular formula is C14H19N3O. The highest BCUT2D eigenvalue weighted by molar-refractivity contribution is 5.27. The van der Waals surface area contributed by atoms with E-state index in [0.29, 0.717) is 12.5 Å². The fourth-order valence-corrected chi connectivity index (χ4v) is 1.82. The molecule has 0 unspecified atom stereocenters. The number of nitrogens with zero attached hydrogens (tertiary/aromatic N) is 1. The minimum absolute atomic E-state index is 0.560. The highest BCUT2D eigenvalue weighted by atomic mass is 16.5. The summed E-state index contributed by atoms with van der Waals surface area (Å²) in [4.78, 5) is 0. The molecule has 18 heavy (non-hydrogen) atoms. The van der Waals surface area contributed by atoms with E-state index in [0.717, 1.165) is 18.7 Å². The second kappa shape index (κ2) is 6.21. The lowest BCUT2D eigenvalue weighted by atomic mass is 10.1. The number of aryl methyl sites for hydroxylation is 1. The first kappa shape index (κ1) is 12.6. The van der Waals surface area contributed by atoms with E-state index in [4.69, 9.17) is 4.74 Å². The predicted octanol–water partition coefficient (Wildman–Crippen LogP) is 2.06. The average Bonchev–Trinajstić information content (AvgIpc) is 2.81. The van der Waals surface area contributed by atoms with Crippen molar-refractivity contribution in [1.29, 1.82) is 0 Å². The molecule has 0 aliphatic rings. The minimum atomic E-state index is 0.560. The van der Waals surface area contributed by atoms with Crippen LogP contribution in [-0.2, 0) is 13.0 Å². The summed E-state index contributed by atoms with van der Waals surface area (Å²) in [5.74, 6) is 0.649. The van der Waals surface area contributed by atoms with Gasteiger partial charge < -0.3 is 10.1 Å². The Kier molecular flexibility index (Phi) is 4.36. The van der Waals surface area contributed by atoms with Crippen molar-refractivity contribution in [3.8, 4) is 5.88 Å². The molecule has 0 aliphatic heterocycles. The van der Waals surface area contributed by atoms with Crippen LogP contribution >= 0.6 is 0 Å². The van der Waals surface area contributed by atoms with E-state index in [1.165, 1.54) is 11.1 Å². The fourth-order valence-electron chi connectivity index (χ4n) is 1.82. The Morgan fingerprint density at radius 1 is 1.28 bits per heavy atom. The van der Waals surface area contributed by atoms with Gasteiger partial charge in [0.2, 0.25) is 5.88 Å². The summed E-state index contributed by atoms with van der Waals surface area (Å²) in [6.07, 6.45) is 1.01. The minimum Gasteiger partial charge on any atom is -0.472 e. The number of aromatic nitrogens is 2. The SMILES string of the molecule is CNCCc1ccccc1COc1cc(C)[nH]n1. The standard InChI is InChI=1S/C14H19N3O/c1-11-9-14(17-16-11)18-10-13-6-4-3-5-12(13)7-8-15-2/h3-6,9,15H,7-8,10H2,1-2H3,(H,16,17). The summed E-state index contributed by atoms with van der Waals surface area (Å²) in [7, 11) is 1.96. The van der Waals surface area contributed by atoms with Crippen molar-refractivity contribution >= 4 is 0 Å².